The highest BCUT2D eigenvalue weighted by molar-refractivity contribution is 5.32. The van der Waals surface area contributed by atoms with Gasteiger partial charge >= 0.3 is 0 Å². The van der Waals surface area contributed by atoms with E-state index in [1.54, 1.807) is 0 Å². The first-order valence-electron chi connectivity index (χ1n) is 4.88. The Balaban J connectivity index is 0.000000336. The van der Waals surface area contributed by atoms with Crippen LogP contribution in [0.15, 0.2) is 23.0 Å². The van der Waals surface area contributed by atoms with Crippen molar-refractivity contribution < 1.29 is 4.74 Å². The molecule has 1 heteroatoms. The molecule has 0 spiro atoms. The summed E-state index contributed by atoms with van der Waals surface area (Å²) in [7, 11) is 0. The van der Waals surface area contributed by atoms with Crippen LogP contribution < -0.4 is 0 Å². The highest BCUT2D eigenvalue weighted by Gasteiger charge is 2.17. The lowest BCUT2D eigenvalue weighted by molar-refractivity contribution is 0.234. The van der Waals surface area contributed by atoms with E-state index in [2.05, 4.69) is 13.0 Å². The highest BCUT2D eigenvalue weighted by atomic mass is 16.5. The molecule has 0 aromatic carbocycles. The molecule has 12 heavy (non-hydrogen) atoms. The molecule has 0 atom stereocenters. The van der Waals surface area contributed by atoms with Crippen LogP contribution in [-0.4, -0.2) is 6.61 Å². The maximum Gasteiger partial charge on any atom is 0.0996 e. The van der Waals surface area contributed by atoms with Gasteiger partial charge in [-0.3, -0.25) is 0 Å². The van der Waals surface area contributed by atoms with Gasteiger partial charge in [-0.1, -0.05) is 25.5 Å². The zero-order chi connectivity index (χ0) is 8.97. The van der Waals surface area contributed by atoms with Crippen LogP contribution in [0, 0.1) is 0 Å². The van der Waals surface area contributed by atoms with Gasteiger partial charge in [-0.15, -0.1) is 0 Å². The zero-order valence-corrected chi connectivity index (χ0v) is 8.31. The second kappa shape index (κ2) is 4.34. The number of hydrogen-bond donors (Lipinski definition) is 0. The quantitative estimate of drug-likeness (QED) is 0.535. The minimum absolute atomic E-state index is 0.911. The number of allylic oxidation sites excluding steroid dienone is 3. The van der Waals surface area contributed by atoms with Gasteiger partial charge in [-0.2, -0.15) is 0 Å². The summed E-state index contributed by atoms with van der Waals surface area (Å²) in [6, 6.07) is 0. The minimum atomic E-state index is 0.911. The van der Waals surface area contributed by atoms with Gasteiger partial charge in [0.15, 0.2) is 0 Å². The second-order valence-electron chi connectivity index (χ2n) is 3.04. The Morgan fingerprint density at radius 2 is 1.92 bits per heavy atom. The Morgan fingerprint density at radius 3 is 2.67 bits per heavy atom. The lowest BCUT2D eigenvalue weighted by Crippen LogP contribution is -1.92. The Bertz CT molecular complexity index is 211. The Morgan fingerprint density at radius 1 is 1.17 bits per heavy atom. The van der Waals surface area contributed by atoms with Crippen LogP contribution in [0.5, 0.6) is 0 Å². The highest BCUT2D eigenvalue weighted by Crippen LogP contribution is 2.30. The smallest absolute Gasteiger partial charge is 0.0996 e. The molecule has 2 aliphatic rings. The summed E-state index contributed by atoms with van der Waals surface area (Å²) >= 11 is 0. The van der Waals surface area contributed by atoms with E-state index in [4.69, 9.17) is 4.74 Å². The molecule has 0 unspecified atom stereocenters. The van der Waals surface area contributed by atoms with Crippen molar-refractivity contribution in [2.24, 2.45) is 0 Å². The van der Waals surface area contributed by atoms with Gasteiger partial charge in [0.25, 0.3) is 0 Å². The Labute approximate surface area is 75.1 Å². The summed E-state index contributed by atoms with van der Waals surface area (Å²) < 4.78 is 5.44. The molecule has 0 fully saturated rings. The topological polar surface area (TPSA) is 9.23 Å². The molecule has 68 valence electrons. The number of rotatable bonds is 0. The normalized spacial score (nSPS) is 20.4. The second-order valence-corrected chi connectivity index (χ2v) is 3.04. The molecule has 2 rings (SSSR count). The van der Waals surface area contributed by atoms with Crippen molar-refractivity contribution in [3.05, 3.63) is 23.0 Å². The van der Waals surface area contributed by atoms with E-state index in [1.165, 1.54) is 23.3 Å². The van der Waals surface area contributed by atoms with Crippen LogP contribution >= 0.6 is 0 Å². The van der Waals surface area contributed by atoms with Crippen LogP contribution in [0.2, 0.25) is 0 Å². The zero-order valence-electron chi connectivity index (χ0n) is 8.31. The molecule has 0 bridgehead atoms. The minimum Gasteiger partial charge on any atom is -0.497 e. The fourth-order valence-electron chi connectivity index (χ4n) is 1.58. The van der Waals surface area contributed by atoms with Crippen LogP contribution in [-0.2, 0) is 4.74 Å². The third-order valence-corrected chi connectivity index (χ3v) is 2.17. The molecule has 0 radical (unpaired) electrons. The summed E-state index contributed by atoms with van der Waals surface area (Å²) in [4.78, 5) is 0. The van der Waals surface area contributed by atoms with E-state index in [9.17, 15) is 0 Å². The molecule has 1 nitrogen and oxygen atoms in total. The first kappa shape index (κ1) is 9.37. The Hall–Kier alpha value is -0.720. The van der Waals surface area contributed by atoms with Crippen molar-refractivity contribution in [2.75, 3.05) is 6.61 Å². The van der Waals surface area contributed by atoms with Crippen molar-refractivity contribution in [3.63, 3.8) is 0 Å². The molecule has 0 saturated carbocycles. The number of ether oxygens (including phenoxy) is 1. The van der Waals surface area contributed by atoms with Gasteiger partial charge in [0.05, 0.1) is 12.4 Å². The van der Waals surface area contributed by atoms with Crippen molar-refractivity contribution in [2.45, 2.75) is 40.0 Å². The summed E-state index contributed by atoms with van der Waals surface area (Å²) in [5.41, 5.74) is 2.95. The molecule has 0 N–H and O–H groups in total. The molecule has 1 heterocycles. The van der Waals surface area contributed by atoms with Crippen molar-refractivity contribution in [1.29, 1.82) is 0 Å². The van der Waals surface area contributed by atoms with Crippen molar-refractivity contribution >= 4 is 0 Å². The van der Waals surface area contributed by atoms with Gasteiger partial charge in [0.2, 0.25) is 0 Å². The molecule has 0 amide bonds. The molecule has 0 aromatic rings. The van der Waals surface area contributed by atoms with Crippen molar-refractivity contribution in [1.82, 2.24) is 0 Å². The fraction of sp³-hybridized carbons (Fsp3) is 0.636. The standard InChI is InChI=1S/C9H12O.C2H6/c1-7-2-3-9-8(6-7)4-5-10-9;1-2/h6H,2-5H2,1H3;1-2H3. The van der Waals surface area contributed by atoms with E-state index >= 15 is 0 Å². The molecule has 0 saturated heterocycles. The summed E-state index contributed by atoms with van der Waals surface area (Å²) in [6.07, 6.45) is 5.75. The van der Waals surface area contributed by atoms with E-state index in [1.807, 2.05) is 13.8 Å². The van der Waals surface area contributed by atoms with Gasteiger partial charge < -0.3 is 4.74 Å². The van der Waals surface area contributed by atoms with Gasteiger partial charge in [0, 0.05) is 12.8 Å². The van der Waals surface area contributed by atoms with Crippen LogP contribution in [0.3, 0.4) is 0 Å². The average Bonchev–Trinajstić information content (AvgIpc) is 2.54. The largest absolute Gasteiger partial charge is 0.497 e. The first-order chi connectivity index (χ1) is 5.86. The van der Waals surface area contributed by atoms with Crippen molar-refractivity contribution in [3.8, 4) is 0 Å². The number of hydrogen-bond acceptors (Lipinski definition) is 1. The fourth-order valence-corrected chi connectivity index (χ4v) is 1.58. The lowest BCUT2D eigenvalue weighted by atomic mass is 9.99. The lowest BCUT2D eigenvalue weighted by Gasteiger charge is -2.10. The van der Waals surface area contributed by atoms with Crippen LogP contribution in [0.25, 0.3) is 0 Å². The van der Waals surface area contributed by atoms with E-state index in [0.717, 1.165) is 19.4 Å². The maximum atomic E-state index is 5.44. The average molecular weight is 166 g/mol. The summed E-state index contributed by atoms with van der Waals surface area (Å²) in [5.74, 6) is 1.26. The SMILES string of the molecule is CC.CC1=CC2=C(CC1)OCC2. The molecule has 1 aliphatic heterocycles. The van der Waals surface area contributed by atoms with E-state index in [-0.39, 0.29) is 0 Å². The third-order valence-electron chi connectivity index (χ3n) is 2.17. The third kappa shape index (κ3) is 1.90. The monoisotopic (exact) mass is 166 g/mol. The first-order valence-corrected chi connectivity index (χ1v) is 4.88. The molecular formula is C11H18O. The van der Waals surface area contributed by atoms with E-state index in [0.29, 0.717) is 0 Å². The predicted molar refractivity (Wildman–Crippen MR) is 51.9 cm³/mol. The van der Waals surface area contributed by atoms with Gasteiger partial charge in [-0.25, -0.2) is 0 Å². The molecule has 1 aliphatic carbocycles. The van der Waals surface area contributed by atoms with Gasteiger partial charge in [-0.05, 0) is 18.9 Å². The van der Waals surface area contributed by atoms with Crippen LogP contribution in [0.4, 0.5) is 0 Å². The van der Waals surface area contributed by atoms with Gasteiger partial charge in [0.1, 0.15) is 0 Å². The van der Waals surface area contributed by atoms with Crippen LogP contribution in [0.1, 0.15) is 40.0 Å². The maximum absolute atomic E-state index is 5.44. The molecular weight excluding hydrogens is 148 g/mol. The summed E-state index contributed by atoms with van der Waals surface area (Å²) in [5, 5.41) is 0. The predicted octanol–water partition coefficient (Wildman–Crippen LogP) is 3.43. The summed E-state index contributed by atoms with van der Waals surface area (Å²) in [6.45, 7) is 7.11. The van der Waals surface area contributed by atoms with E-state index < -0.39 is 0 Å². The molecule has 0 aromatic heterocycles. The Kier molecular flexibility index (Phi) is 3.39.